The summed E-state index contributed by atoms with van der Waals surface area (Å²) in [6.07, 6.45) is 1.71. The van der Waals surface area contributed by atoms with Gasteiger partial charge in [0, 0.05) is 11.1 Å². The molecule has 3 heterocycles. The van der Waals surface area contributed by atoms with Gasteiger partial charge in [0.25, 0.3) is 0 Å². The molecule has 1 amide bonds. The number of carbonyl (C=O) groups excluding carboxylic acids is 1. The molecule has 140 valence electrons. The Morgan fingerprint density at radius 2 is 2.07 bits per heavy atom. The molecular formula is C18H20N6OS2. The Balaban J connectivity index is 1.51. The van der Waals surface area contributed by atoms with Crippen molar-refractivity contribution in [1.82, 2.24) is 25.0 Å². The van der Waals surface area contributed by atoms with Gasteiger partial charge < -0.3 is 0 Å². The summed E-state index contributed by atoms with van der Waals surface area (Å²) in [5.41, 5.74) is 2.24. The highest BCUT2D eigenvalue weighted by molar-refractivity contribution is 7.99. The first-order valence-corrected chi connectivity index (χ1v) is 10.6. The number of benzene rings is 1. The normalized spacial score (nSPS) is 14.5. The maximum absolute atomic E-state index is 12.3. The van der Waals surface area contributed by atoms with Crippen molar-refractivity contribution in [1.29, 1.82) is 0 Å². The lowest BCUT2D eigenvalue weighted by Crippen LogP contribution is -2.33. The SMILES string of the molecule is CCc1nnc(NC(=O)CSc2nnc3n2C(C)(C)Cc2ccccc2-3)s1. The van der Waals surface area contributed by atoms with Crippen LogP contribution in [-0.2, 0) is 23.2 Å². The van der Waals surface area contributed by atoms with Gasteiger partial charge in [-0.05, 0) is 32.3 Å². The van der Waals surface area contributed by atoms with Gasteiger partial charge in [-0.2, -0.15) is 0 Å². The van der Waals surface area contributed by atoms with Crippen LogP contribution in [0.15, 0.2) is 29.4 Å². The third kappa shape index (κ3) is 3.49. The molecular weight excluding hydrogens is 380 g/mol. The van der Waals surface area contributed by atoms with Crippen molar-refractivity contribution in [3.05, 3.63) is 34.8 Å². The smallest absolute Gasteiger partial charge is 0.236 e. The summed E-state index contributed by atoms with van der Waals surface area (Å²) < 4.78 is 2.15. The number of nitrogens with one attached hydrogen (secondary N) is 1. The Bertz CT molecular complexity index is 993. The highest BCUT2D eigenvalue weighted by atomic mass is 32.2. The minimum absolute atomic E-state index is 0.120. The summed E-state index contributed by atoms with van der Waals surface area (Å²) in [4.78, 5) is 12.3. The Labute approximate surface area is 165 Å². The zero-order valence-corrected chi connectivity index (χ0v) is 17.0. The standard InChI is InChI=1S/C18H20N6OS2/c1-4-14-20-22-16(27-14)19-13(25)10-26-17-23-21-15-12-8-6-5-7-11(12)9-18(2,3)24(15)17/h5-8H,4,9-10H2,1-3H3,(H,19,22,25). The molecule has 0 saturated carbocycles. The minimum Gasteiger partial charge on any atom is -0.300 e. The van der Waals surface area contributed by atoms with Gasteiger partial charge >= 0.3 is 0 Å². The average Bonchev–Trinajstić information content (AvgIpc) is 3.27. The van der Waals surface area contributed by atoms with Crippen LogP contribution in [0.4, 0.5) is 5.13 Å². The molecule has 1 aliphatic heterocycles. The molecule has 7 nitrogen and oxygen atoms in total. The fraction of sp³-hybridized carbons (Fsp3) is 0.389. The molecule has 1 aliphatic rings. The predicted octanol–water partition coefficient (Wildman–Crippen LogP) is 3.38. The number of aryl methyl sites for hydroxylation is 1. The van der Waals surface area contributed by atoms with E-state index in [9.17, 15) is 4.79 Å². The predicted molar refractivity (Wildman–Crippen MR) is 107 cm³/mol. The fourth-order valence-corrected chi connectivity index (χ4v) is 4.84. The van der Waals surface area contributed by atoms with Crippen LogP contribution >= 0.6 is 23.1 Å². The second-order valence-corrected chi connectivity index (χ2v) is 8.98. The van der Waals surface area contributed by atoms with E-state index in [-0.39, 0.29) is 17.2 Å². The lowest BCUT2D eigenvalue weighted by Gasteiger charge is -2.34. The number of rotatable bonds is 5. The highest BCUT2D eigenvalue weighted by Gasteiger charge is 2.34. The fourth-order valence-electron chi connectivity index (χ4n) is 3.25. The third-order valence-electron chi connectivity index (χ3n) is 4.47. The molecule has 0 fully saturated rings. The molecule has 0 radical (unpaired) electrons. The molecule has 0 saturated heterocycles. The summed E-state index contributed by atoms with van der Waals surface area (Å²) in [6, 6.07) is 8.29. The van der Waals surface area contributed by atoms with Crippen molar-refractivity contribution in [3.63, 3.8) is 0 Å². The van der Waals surface area contributed by atoms with Gasteiger partial charge in [-0.25, -0.2) is 0 Å². The van der Waals surface area contributed by atoms with E-state index in [1.54, 1.807) is 0 Å². The minimum atomic E-state index is -0.152. The van der Waals surface area contributed by atoms with E-state index in [0.717, 1.165) is 34.4 Å². The zero-order valence-electron chi connectivity index (χ0n) is 15.4. The molecule has 0 unspecified atom stereocenters. The Kier molecular flexibility index (Phi) is 4.73. The maximum atomic E-state index is 12.3. The molecule has 0 bridgehead atoms. The molecule has 4 rings (SSSR count). The van der Waals surface area contributed by atoms with E-state index in [1.807, 2.05) is 13.0 Å². The molecule has 1 aromatic carbocycles. The quantitative estimate of drug-likeness (QED) is 0.661. The van der Waals surface area contributed by atoms with E-state index >= 15 is 0 Å². The first-order valence-electron chi connectivity index (χ1n) is 8.77. The molecule has 0 aliphatic carbocycles. The van der Waals surface area contributed by atoms with E-state index in [0.29, 0.717) is 5.13 Å². The maximum Gasteiger partial charge on any atom is 0.236 e. The van der Waals surface area contributed by atoms with Crippen LogP contribution in [0, 0.1) is 0 Å². The second-order valence-electron chi connectivity index (χ2n) is 6.98. The first-order chi connectivity index (χ1) is 13.0. The zero-order chi connectivity index (χ0) is 19.0. The van der Waals surface area contributed by atoms with E-state index < -0.39 is 0 Å². The number of anilines is 1. The molecule has 3 aromatic rings. The number of nitrogens with zero attached hydrogens (tertiary/aromatic N) is 5. The van der Waals surface area contributed by atoms with Crippen LogP contribution in [0.2, 0.25) is 0 Å². The topological polar surface area (TPSA) is 85.6 Å². The average molecular weight is 401 g/mol. The number of fused-ring (bicyclic) bond motifs is 3. The van der Waals surface area contributed by atoms with Crippen molar-refractivity contribution in [2.24, 2.45) is 0 Å². The number of hydrogen-bond donors (Lipinski definition) is 1. The Morgan fingerprint density at radius 1 is 1.26 bits per heavy atom. The van der Waals surface area contributed by atoms with Crippen molar-refractivity contribution in [2.45, 2.75) is 44.3 Å². The number of thioether (sulfide) groups is 1. The van der Waals surface area contributed by atoms with Gasteiger partial charge in [-0.15, -0.1) is 20.4 Å². The van der Waals surface area contributed by atoms with Gasteiger partial charge in [-0.3, -0.25) is 14.7 Å². The van der Waals surface area contributed by atoms with Gasteiger partial charge in [-0.1, -0.05) is 54.3 Å². The number of hydrogen-bond acceptors (Lipinski definition) is 7. The summed E-state index contributed by atoms with van der Waals surface area (Å²) in [7, 11) is 0. The van der Waals surface area contributed by atoms with Gasteiger partial charge in [0.2, 0.25) is 11.0 Å². The Hall–Kier alpha value is -2.26. The molecule has 1 N–H and O–H groups in total. The molecule has 2 aromatic heterocycles. The molecule has 9 heteroatoms. The van der Waals surface area contributed by atoms with Crippen LogP contribution in [-0.4, -0.2) is 36.6 Å². The largest absolute Gasteiger partial charge is 0.300 e. The summed E-state index contributed by atoms with van der Waals surface area (Å²) in [5, 5.41) is 21.8. The summed E-state index contributed by atoms with van der Waals surface area (Å²) in [6.45, 7) is 6.36. The molecule has 0 spiro atoms. The van der Waals surface area contributed by atoms with Crippen molar-refractivity contribution in [3.8, 4) is 11.4 Å². The first kappa shape index (κ1) is 18.1. The van der Waals surface area contributed by atoms with E-state index in [2.05, 4.69) is 62.3 Å². The monoisotopic (exact) mass is 400 g/mol. The van der Waals surface area contributed by atoms with Gasteiger partial charge in [0.1, 0.15) is 5.01 Å². The van der Waals surface area contributed by atoms with Gasteiger partial charge in [0.15, 0.2) is 11.0 Å². The van der Waals surface area contributed by atoms with Crippen molar-refractivity contribution >= 4 is 34.1 Å². The lowest BCUT2D eigenvalue weighted by molar-refractivity contribution is -0.113. The highest BCUT2D eigenvalue weighted by Crippen LogP contribution is 2.39. The second kappa shape index (κ2) is 7.05. The van der Waals surface area contributed by atoms with E-state index in [1.165, 1.54) is 28.7 Å². The summed E-state index contributed by atoms with van der Waals surface area (Å²) in [5.74, 6) is 0.989. The van der Waals surface area contributed by atoms with Crippen LogP contribution in [0.1, 0.15) is 31.3 Å². The van der Waals surface area contributed by atoms with Crippen LogP contribution in [0.25, 0.3) is 11.4 Å². The van der Waals surface area contributed by atoms with Crippen LogP contribution in [0.3, 0.4) is 0 Å². The number of aromatic nitrogens is 5. The number of amides is 1. The van der Waals surface area contributed by atoms with Crippen LogP contribution < -0.4 is 5.32 Å². The third-order valence-corrected chi connectivity index (χ3v) is 6.38. The lowest BCUT2D eigenvalue weighted by atomic mass is 9.87. The molecule has 27 heavy (non-hydrogen) atoms. The van der Waals surface area contributed by atoms with Gasteiger partial charge in [0.05, 0.1) is 5.75 Å². The Morgan fingerprint density at radius 3 is 2.85 bits per heavy atom. The number of carbonyl (C=O) groups is 1. The van der Waals surface area contributed by atoms with Crippen molar-refractivity contribution in [2.75, 3.05) is 11.1 Å². The van der Waals surface area contributed by atoms with E-state index in [4.69, 9.17) is 0 Å². The summed E-state index contributed by atoms with van der Waals surface area (Å²) >= 11 is 2.80. The molecule has 0 atom stereocenters. The van der Waals surface area contributed by atoms with Crippen molar-refractivity contribution < 1.29 is 4.79 Å². The van der Waals surface area contributed by atoms with Crippen LogP contribution in [0.5, 0.6) is 0 Å².